The van der Waals surface area contributed by atoms with Crippen LogP contribution in [0.5, 0.6) is 0 Å². The summed E-state index contributed by atoms with van der Waals surface area (Å²) in [4.78, 5) is 28.9. The molecule has 0 saturated heterocycles. The third-order valence-electron chi connectivity index (χ3n) is 5.67. The van der Waals surface area contributed by atoms with Crippen LogP contribution in [0.4, 0.5) is 79.0 Å². The van der Waals surface area contributed by atoms with Crippen molar-refractivity contribution in [3.8, 4) is 0 Å². The van der Waals surface area contributed by atoms with Crippen LogP contribution < -0.4 is 29.6 Å². The fourth-order valence-electron chi connectivity index (χ4n) is 2.94. The van der Waals surface area contributed by atoms with Crippen LogP contribution >= 0.6 is 27.7 Å². The van der Waals surface area contributed by atoms with Gasteiger partial charge < -0.3 is 12.6 Å². The monoisotopic (exact) mass is 900 g/mol. The quantitative estimate of drug-likeness (QED) is 0.0747. The van der Waals surface area contributed by atoms with Gasteiger partial charge in [-0.15, -0.1) is 0 Å². The zero-order valence-electron chi connectivity index (χ0n) is 26.0. The SMILES string of the molecule is CCSCC(=O)c1ccc(C(F)(F)C(F)(F)C(F)(F)C(F)(F)F)cn1.CC[S-].O=C(CBr)c1ccc(C(F)(F)C(F)(F)C(F)(F)C(F)(F)F)cn1.[Na+]. The number of thioether (sulfide) groups is 1. The first-order chi connectivity index (χ1) is 22.8. The van der Waals surface area contributed by atoms with Crippen molar-refractivity contribution in [1.82, 2.24) is 9.97 Å². The van der Waals surface area contributed by atoms with Crippen LogP contribution in [0.3, 0.4) is 0 Å². The van der Waals surface area contributed by atoms with E-state index in [1.165, 1.54) is 0 Å². The zero-order valence-corrected chi connectivity index (χ0v) is 31.2. The summed E-state index contributed by atoms with van der Waals surface area (Å²) >= 11 is 8.25. The summed E-state index contributed by atoms with van der Waals surface area (Å²) < 4.78 is 230. The first-order valence-electron chi connectivity index (χ1n) is 12.9. The van der Waals surface area contributed by atoms with Gasteiger partial charge >= 0.3 is 77.4 Å². The Morgan fingerprint density at radius 3 is 1.15 bits per heavy atom. The molecule has 0 aromatic carbocycles. The van der Waals surface area contributed by atoms with Gasteiger partial charge in [-0.05, 0) is 30.0 Å². The van der Waals surface area contributed by atoms with Crippen molar-refractivity contribution in [3.05, 3.63) is 59.2 Å². The van der Waals surface area contributed by atoms with E-state index in [-0.39, 0.29) is 65.2 Å². The number of ketones is 2. The average Bonchev–Trinajstić information content (AvgIpc) is 3.02. The fraction of sp³-hybridized carbons (Fsp3) is 0.538. The Kier molecular flexibility index (Phi) is 19.7. The van der Waals surface area contributed by atoms with Gasteiger partial charge in [0.1, 0.15) is 11.4 Å². The maximum atomic E-state index is 13.6. The molecule has 0 radical (unpaired) electrons. The first-order valence-corrected chi connectivity index (χ1v) is 15.8. The molecule has 52 heavy (non-hydrogen) atoms. The molecule has 0 aliphatic carbocycles. The zero-order chi connectivity index (χ0) is 40.7. The Hall–Kier alpha value is -1.44. The Morgan fingerprint density at radius 1 is 0.615 bits per heavy atom. The fourth-order valence-corrected chi connectivity index (χ4v) is 3.76. The largest absolute Gasteiger partial charge is 1.00 e. The number of carbonyl (C=O) groups excluding carboxylic acids is 2. The van der Waals surface area contributed by atoms with E-state index in [4.69, 9.17) is 0 Å². The second kappa shape index (κ2) is 19.4. The molecule has 0 spiro atoms. The molecular formula is C26H20BrF18N2NaO2S2. The summed E-state index contributed by atoms with van der Waals surface area (Å²) in [5, 5.41) is -0.294. The number of hydrogen-bond acceptors (Lipinski definition) is 6. The second-order valence-corrected chi connectivity index (χ2v) is 11.6. The molecule has 2 aromatic heterocycles. The molecular weight excluding hydrogens is 881 g/mol. The van der Waals surface area contributed by atoms with Gasteiger partial charge in [-0.2, -0.15) is 96.5 Å². The number of alkyl halides is 19. The molecule has 0 atom stereocenters. The summed E-state index contributed by atoms with van der Waals surface area (Å²) in [5.74, 6) is -39.3. The van der Waals surface area contributed by atoms with Gasteiger partial charge in [0.15, 0.2) is 11.6 Å². The number of aromatic nitrogens is 2. The number of rotatable bonds is 12. The van der Waals surface area contributed by atoms with Crippen LogP contribution in [0.2, 0.25) is 0 Å². The predicted molar refractivity (Wildman–Crippen MR) is 152 cm³/mol. The number of nitrogens with zero attached hydrogens (tertiary/aromatic N) is 2. The summed E-state index contributed by atoms with van der Waals surface area (Å²) in [5.41, 5.74) is -4.64. The van der Waals surface area contributed by atoms with E-state index in [0.29, 0.717) is 17.9 Å². The van der Waals surface area contributed by atoms with Crippen molar-refractivity contribution < 1.29 is 118 Å². The van der Waals surface area contributed by atoms with Crippen molar-refractivity contribution >= 4 is 51.9 Å². The van der Waals surface area contributed by atoms with Crippen LogP contribution in [0, 0.1) is 0 Å². The smallest absolute Gasteiger partial charge is 0.793 e. The van der Waals surface area contributed by atoms with Gasteiger partial charge in [0.05, 0.1) is 11.1 Å². The van der Waals surface area contributed by atoms with E-state index in [1.54, 1.807) is 6.92 Å². The number of pyridine rings is 2. The number of Topliss-reactive ketones (excluding diaryl/α,β-unsaturated/α-hetero) is 2. The maximum Gasteiger partial charge on any atom is 1.00 e. The summed E-state index contributed by atoms with van der Waals surface area (Å²) in [6.07, 6.45) is -13.9. The van der Waals surface area contributed by atoms with Gasteiger partial charge in [-0.25, -0.2) is 0 Å². The molecule has 2 heterocycles. The van der Waals surface area contributed by atoms with Crippen LogP contribution in [-0.2, 0) is 24.5 Å². The Morgan fingerprint density at radius 2 is 0.923 bits per heavy atom. The molecule has 0 N–H and O–H groups in total. The van der Waals surface area contributed by atoms with Crippen LogP contribution in [0.15, 0.2) is 36.7 Å². The van der Waals surface area contributed by atoms with Gasteiger partial charge in [-0.3, -0.25) is 19.6 Å². The predicted octanol–water partition coefficient (Wildman–Crippen LogP) is 7.08. The van der Waals surface area contributed by atoms with Crippen molar-refractivity contribution in [1.29, 1.82) is 0 Å². The van der Waals surface area contributed by atoms with E-state index in [1.807, 2.05) is 6.92 Å². The van der Waals surface area contributed by atoms with E-state index in [9.17, 15) is 88.6 Å². The molecule has 0 amide bonds. The Bertz CT molecular complexity index is 1440. The van der Waals surface area contributed by atoms with Crippen LogP contribution in [0.1, 0.15) is 46.0 Å². The minimum absolute atomic E-state index is 0. The van der Waals surface area contributed by atoms with Gasteiger partial charge in [-0.1, -0.05) is 29.8 Å². The normalized spacial score (nSPS) is 13.2. The number of halogens is 19. The van der Waals surface area contributed by atoms with Gasteiger partial charge in [0.25, 0.3) is 0 Å². The minimum atomic E-state index is -6.98. The Labute approximate surface area is 322 Å². The Balaban J connectivity index is 0. The van der Waals surface area contributed by atoms with Crippen molar-refractivity contribution in [2.45, 2.75) is 61.7 Å². The molecule has 0 fully saturated rings. The topological polar surface area (TPSA) is 59.9 Å². The third kappa shape index (κ3) is 11.3. The average molecular weight is 901 g/mol. The molecule has 26 heteroatoms. The molecule has 0 aliphatic rings. The second-order valence-electron chi connectivity index (χ2n) is 9.21. The van der Waals surface area contributed by atoms with E-state index in [0.717, 1.165) is 17.5 Å². The summed E-state index contributed by atoms with van der Waals surface area (Å²) in [6, 6.07) is 1.36. The summed E-state index contributed by atoms with van der Waals surface area (Å²) in [6.45, 7) is 3.66. The third-order valence-corrected chi connectivity index (χ3v) is 7.06. The minimum Gasteiger partial charge on any atom is -0.793 e. The maximum absolute atomic E-state index is 13.6. The van der Waals surface area contributed by atoms with Gasteiger partial charge in [0, 0.05) is 23.5 Å². The molecule has 0 saturated carbocycles. The van der Waals surface area contributed by atoms with Crippen molar-refractivity contribution in [3.63, 3.8) is 0 Å². The molecule has 2 aromatic rings. The molecule has 0 bridgehead atoms. The first kappa shape index (κ1) is 52.7. The molecule has 4 nitrogen and oxygen atoms in total. The molecule has 292 valence electrons. The molecule has 0 unspecified atom stereocenters. The van der Waals surface area contributed by atoms with E-state index in [2.05, 4.69) is 38.5 Å². The van der Waals surface area contributed by atoms with Crippen LogP contribution in [0.25, 0.3) is 0 Å². The van der Waals surface area contributed by atoms with Crippen molar-refractivity contribution in [2.75, 3.05) is 22.6 Å². The summed E-state index contributed by atoms with van der Waals surface area (Å²) in [7, 11) is 0. The molecule has 2 rings (SSSR count). The van der Waals surface area contributed by atoms with E-state index >= 15 is 0 Å². The molecule has 0 aliphatic heterocycles. The van der Waals surface area contributed by atoms with E-state index < -0.39 is 82.0 Å². The number of hydrogen-bond donors (Lipinski definition) is 0. The van der Waals surface area contributed by atoms with Gasteiger partial charge in [0.2, 0.25) is 0 Å². The van der Waals surface area contributed by atoms with Crippen molar-refractivity contribution in [2.24, 2.45) is 0 Å². The number of carbonyl (C=O) groups is 2. The standard InChI is InChI=1S/C13H10F9NOS.C11H5BrF9NO.C2H6S.Na/c1-2-25-6-9(24)8-4-3-7(5-23-8)10(14,15)11(16,17)12(18,19)13(20,21)22;12-3-7(23)6-2-1-5(4-22-6)8(13,14)9(15,16)10(17,18)11(19,20)21;1-2-3;/h3-5H,2,6H2,1H3;1-2,4H,3H2;3H,2H2,1H3;/q;;;+1/p-1. The van der Waals surface area contributed by atoms with Crippen LogP contribution in [-0.4, -0.2) is 80.2 Å².